The van der Waals surface area contributed by atoms with E-state index in [0.29, 0.717) is 15.6 Å². The van der Waals surface area contributed by atoms with E-state index in [9.17, 15) is 9.59 Å². The zero-order valence-electron chi connectivity index (χ0n) is 9.64. The molecule has 0 atom stereocenters. The van der Waals surface area contributed by atoms with Gasteiger partial charge in [-0.15, -0.1) is 0 Å². The molecular weight excluding hydrogens is 289 g/mol. The van der Waals surface area contributed by atoms with Gasteiger partial charge in [0.2, 0.25) is 0 Å². The zero-order chi connectivity index (χ0) is 14.0. The molecule has 6 heteroatoms. The second-order valence-electron chi connectivity index (χ2n) is 3.89. The molecule has 2 aromatic rings. The van der Waals surface area contributed by atoms with Crippen molar-refractivity contribution in [3.05, 3.63) is 68.1 Å². The van der Waals surface area contributed by atoms with E-state index >= 15 is 0 Å². The Balaban J connectivity index is 2.40. The largest absolute Gasteiger partial charge is 0.478 e. The number of carboxylic acid groups (broad SMARTS) is 1. The minimum atomic E-state index is -1.14. The van der Waals surface area contributed by atoms with Crippen LogP contribution in [0.2, 0.25) is 10.0 Å². The molecule has 0 aliphatic rings. The molecule has 0 radical (unpaired) electrons. The molecule has 0 bridgehead atoms. The number of carbonyl (C=O) groups is 1. The van der Waals surface area contributed by atoms with E-state index in [-0.39, 0.29) is 12.1 Å². The number of aromatic carboxylic acids is 1. The molecule has 0 aliphatic heterocycles. The third-order valence-corrected chi connectivity index (χ3v) is 3.34. The van der Waals surface area contributed by atoms with Gasteiger partial charge < -0.3 is 9.67 Å². The summed E-state index contributed by atoms with van der Waals surface area (Å²) in [4.78, 5) is 22.5. The number of hydrogen-bond donors (Lipinski definition) is 1. The molecule has 0 aliphatic carbocycles. The zero-order valence-corrected chi connectivity index (χ0v) is 11.1. The van der Waals surface area contributed by atoms with E-state index in [1.54, 1.807) is 18.2 Å². The van der Waals surface area contributed by atoms with Gasteiger partial charge in [0.25, 0.3) is 5.56 Å². The Morgan fingerprint density at radius 3 is 2.37 bits per heavy atom. The molecule has 1 N–H and O–H groups in total. The highest BCUT2D eigenvalue weighted by Gasteiger charge is 2.09. The molecule has 0 unspecified atom stereocenters. The van der Waals surface area contributed by atoms with Crippen LogP contribution in [0, 0.1) is 0 Å². The van der Waals surface area contributed by atoms with Crippen molar-refractivity contribution in [3.8, 4) is 0 Å². The second kappa shape index (κ2) is 5.47. The van der Waals surface area contributed by atoms with Crippen molar-refractivity contribution in [1.29, 1.82) is 0 Å². The first-order valence-corrected chi connectivity index (χ1v) is 6.11. The number of rotatable bonds is 3. The fourth-order valence-electron chi connectivity index (χ4n) is 1.63. The number of hydrogen-bond acceptors (Lipinski definition) is 2. The maximum absolute atomic E-state index is 11.8. The summed E-state index contributed by atoms with van der Waals surface area (Å²) in [5.41, 5.74) is 0.151. The van der Waals surface area contributed by atoms with Gasteiger partial charge in [-0.1, -0.05) is 29.3 Å². The van der Waals surface area contributed by atoms with Gasteiger partial charge in [-0.25, -0.2) is 4.79 Å². The lowest BCUT2D eigenvalue weighted by atomic mass is 10.2. The summed E-state index contributed by atoms with van der Waals surface area (Å²) in [5.74, 6) is -1.14. The molecule has 1 aromatic heterocycles. The van der Waals surface area contributed by atoms with Crippen molar-refractivity contribution in [2.24, 2.45) is 0 Å². The van der Waals surface area contributed by atoms with Crippen molar-refractivity contribution in [1.82, 2.24) is 4.57 Å². The van der Waals surface area contributed by atoms with Crippen LogP contribution in [0.15, 0.2) is 41.3 Å². The molecule has 0 spiro atoms. The van der Waals surface area contributed by atoms with Gasteiger partial charge in [0, 0.05) is 27.9 Å². The monoisotopic (exact) mass is 297 g/mol. The number of halogens is 2. The SMILES string of the molecule is O=C(O)c1ccn(Cc2c(Cl)cccc2Cl)c(=O)c1. The fourth-order valence-corrected chi connectivity index (χ4v) is 2.14. The summed E-state index contributed by atoms with van der Waals surface area (Å²) in [7, 11) is 0. The number of carboxylic acids is 1. The quantitative estimate of drug-likeness (QED) is 0.947. The van der Waals surface area contributed by atoms with E-state index in [1.807, 2.05) is 0 Å². The average Bonchev–Trinajstić information content (AvgIpc) is 2.35. The summed E-state index contributed by atoms with van der Waals surface area (Å²) in [6.07, 6.45) is 1.41. The van der Waals surface area contributed by atoms with Crippen LogP contribution in [0.1, 0.15) is 15.9 Å². The Morgan fingerprint density at radius 1 is 1.21 bits per heavy atom. The Labute approximate surface area is 118 Å². The maximum Gasteiger partial charge on any atom is 0.335 e. The molecule has 19 heavy (non-hydrogen) atoms. The van der Waals surface area contributed by atoms with Crippen LogP contribution < -0.4 is 5.56 Å². The highest BCUT2D eigenvalue weighted by molar-refractivity contribution is 6.35. The van der Waals surface area contributed by atoms with Crippen LogP contribution >= 0.6 is 23.2 Å². The normalized spacial score (nSPS) is 10.4. The van der Waals surface area contributed by atoms with Gasteiger partial charge >= 0.3 is 5.97 Å². The Hall–Kier alpha value is -1.78. The van der Waals surface area contributed by atoms with Gasteiger partial charge in [0.15, 0.2) is 0 Å². The van der Waals surface area contributed by atoms with Crippen LogP contribution in [0.3, 0.4) is 0 Å². The van der Waals surface area contributed by atoms with Crippen molar-refractivity contribution in [3.63, 3.8) is 0 Å². The van der Waals surface area contributed by atoms with Gasteiger partial charge in [0.05, 0.1) is 12.1 Å². The summed E-state index contributed by atoms with van der Waals surface area (Å²) in [5, 5.41) is 9.71. The van der Waals surface area contributed by atoms with Crippen LogP contribution in [0.5, 0.6) is 0 Å². The van der Waals surface area contributed by atoms with Crippen LogP contribution in [-0.4, -0.2) is 15.6 Å². The van der Waals surface area contributed by atoms with Gasteiger partial charge in [-0.3, -0.25) is 4.79 Å². The van der Waals surface area contributed by atoms with Gasteiger partial charge in [0.1, 0.15) is 0 Å². The van der Waals surface area contributed by atoms with E-state index in [1.165, 1.54) is 16.8 Å². The molecule has 4 nitrogen and oxygen atoms in total. The average molecular weight is 298 g/mol. The second-order valence-corrected chi connectivity index (χ2v) is 4.70. The smallest absolute Gasteiger partial charge is 0.335 e. The Kier molecular flexibility index (Phi) is 3.93. The number of benzene rings is 1. The first-order valence-electron chi connectivity index (χ1n) is 5.35. The van der Waals surface area contributed by atoms with E-state index in [2.05, 4.69) is 0 Å². The molecule has 1 aromatic carbocycles. The predicted molar refractivity (Wildman–Crippen MR) is 73.2 cm³/mol. The number of aromatic nitrogens is 1. The lowest BCUT2D eigenvalue weighted by Crippen LogP contribution is -2.21. The molecule has 0 fully saturated rings. The lowest BCUT2D eigenvalue weighted by Gasteiger charge is -2.09. The summed E-state index contributed by atoms with van der Waals surface area (Å²) < 4.78 is 1.35. The van der Waals surface area contributed by atoms with Crippen LogP contribution in [0.4, 0.5) is 0 Å². The Bertz CT molecular complexity index is 674. The minimum absolute atomic E-state index is 0.0495. The van der Waals surface area contributed by atoms with Crippen LogP contribution in [0.25, 0.3) is 0 Å². The lowest BCUT2D eigenvalue weighted by molar-refractivity contribution is 0.0696. The summed E-state index contributed by atoms with van der Waals surface area (Å²) in [6.45, 7) is 0.192. The summed E-state index contributed by atoms with van der Waals surface area (Å²) >= 11 is 12.0. The van der Waals surface area contributed by atoms with Gasteiger partial charge in [-0.05, 0) is 18.2 Å². The topological polar surface area (TPSA) is 59.3 Å². The van der Waals surface area contributed by atoms with E-state index in [0.717, 1.165) is 6.07 Å². The molecule has 0 amide bonds. The fraction of sp³-hybridized carbons (Fsp3) is 0.0769. The first-order chi connectivity index (χ1) is 8.99. The van der Waals surface area contributed by atoms with Crippen molar-refractivity contribution >= 4 is 29.2 Å². The minimum Gasteiger partial charge on any atom is -0.478 e. The highest BCUT2D eigenvalue weighted by Crippen LogP contribution is 2.24. The van der Waals surface area contributed by atoms with E-state index in [4.69, 9.17) is 28.3 Å². The molecular formula is C13H9Cl2NO3. The molecule has 0 saturated carbocycles. The van der Waals surface area contributed by atoms with Crippen molar-refractivity contribution < 1.29 is 9.90 Å². The highest BCUT2D eigenvalue weighted by atomic mass is 35.5. The third-order valence-electron chi connectivity index (χ3n) is 2.63. The molecule has 1 heterocycles. The van der Waals surface area contributed by atoms with Crippen LogP contribution in [-0.2, 0) is 6.54 Å². The van der Waals surface area contributed by atoms with E-state index < -0.39 is 11.5 Å². The molecule has 98 valence electrons. The standard InChI is InChI=1S/C13H9Cl2NO3/c14-10-2-1-3-11(15)9(10)7-16-5-4-8(13(18)19)6-12(16)17/h1-6H,7H2,(H,18,19). The first kappa shape index (κ1) is 13.6. The third kappa shape index (κ3) is 2.97. The maximum atomic E-state index is 11.8. The number of nitrogens with zero attached hydrogens (tertiary/aromatic N) is 1. The predicted octanol–water partition coefficient (Wildman–Crippen LogP) is 2.90. The molecule has 0 saturated heterocycles. The van der Waals surface area contributed by atoms with Gasteiger partial charge in [-0.2, -0.15) is 0 Å². The number of pyridine rings is 1. The summed E-state index contributed by atoms with van der Waals surface area (Å²) in [6, 6.07) is 7.49. The Morgan fingerprint density at radius 2 is 1.84 bits per heavy atom. The van der Waals surface area contributed by atoms with Crippen molar-refractivity contribution in [2.75, 3.05) is 0 Å². The van der Waals surface area contributed by atoms with Crippen molar-refractivity contribution in [2.45, 2.75) is 6.54 Å². The molecule has 2 rings (SSSR count).